The molecule has 0 aliphatic carbocycles. The van der Waals surface area contributed by atoms with Crippen LogP contribution < -0.4 is 5.32 Å². The van der Waals surface area contributed by atoms with Gasteiger partial charge >= 0.3 is 0 Å². The molecule has 0 aromatic carbocycles. The van der Waals surface area contributed by atoms with Crippen LogP contribution in [0.3, 0.4) is 0 Å². The van der Waals surface area contributed by atoms with Crippen molar-refractivity contribution in [2.75, 3.05) is 19.6 Å². The number of hydrogen-bond donors (Lipinski definition) is 1. The molecule has 0 bridgehead atoms. The van der Waals surface area contributed by atoms with Gasteiger partial charge in [-0.2, -0.15) is 0 Å². The smallest absolute Gasteiger partial charge is 0.258 e. The van der Waals surface area contributed by atoms with Gasteiger partial charge in [0.05, 0.1) is 5.54 Å². The second kappa shape index (κ2) is 4.34. The summed E-state index contributed by atoms with van der Waals surface area (Å²) < 4.78 is 26.5. The van der Waals surface area contributed by atoms with Crippen LogP contribution in [0.2, 0.25) is 0 Å². The van der Waals surface area contributed by atoms with Crippen molar-refractivity contribution in [2.45, 2.75) is 50.6 Å². The zero-order valence-corrected chi connectivity index (χ0v) is 9.31. The third-order valence-corrected chi connectivity index (χ3v) is 3.86. The van der Waals surface area contributed by atoms with E-state index < -0.39 is 12.0 Å². The van der Waals surface area contributed by atoms with E-state index in [0.29, 0.717) is 13.0 Å². The second-order valence-electron chi connectivity index (χ2n) is 4.71. The Morgan fingerprint density at radius 1 is 1.47 bits per heavy atom. The van der Waals surface area contributed by atoms with Gasteiger partial charge in [-0.1, -0.05) is 6.92 Å². The molecule has 2 nitrogen and oxygen atoms in total. The molecular weight excluding hydrogens is 198 g/mol. The fourth-order valence-electron chi connectivity index (χ4n) is 3.07. The van der Waals surface area contributed by atoms with Crippen molar-refractivity contribution in [3.8, 4) is 0 Å². The minimum absolute atomic E-state index is 0.0732. The summed E-state index contributed by atoms with van der Waals surface area (Å²) in [6.07, 6.45) is 1.29. The average Bonchev–Trinajstić information content (AvgIpc) is 2.76. The summed E-state index contributed by atoms with van der Waals surface area (Å²) in [5.74, 6) is 0. The number of nitrogens with zero attached hydrogens (tertiary/aromatic N) is 1. The molecule has 2 saturated heterocycles. The molecule has 1 N–H and O–H groups in total. The first kappa shape index (κ1) is 11.3. The number of fused-ring (bicyclic) bond motifs is 1. The molecule has 2 unspecified atom stereocenters. The van der Waals surface area contributed by atoms with E-state index in [1.165, 1.54) is 0 Å². The van der Waals surface area contributed by atoms with Crippen LogP contribution in [-0.4, -0.2) is 42.5 Å². The summed E-state index contributed by atoms with van der Waals surface area (Å²) in [5, 5.41) is 3.12. The number of rotatable bonds is 4. The largest absolute Gasteiger partial charge is 0.305 e. The third kappa shape index (κ3) is 1.78. The van der Waals surface area contributed by atoms with E-state index in [1.54, 1.807) is 0 Å². The molecule has 2 aliphatic heterocycles. The van der Waals surface area contributed by atoms with E-state index in [-0.39, 0.29) is 6.04 Å². The molecule has 2 fully saturated rings. The highest BCUT2D eigenvalue weighted by Crippen LogP contribution is 2.39. The molecule has 0 saturated carbocycles. The van der Waals surface area contributed by atoms with Crippen LogP contribution in [0.4, 0.5) is 8.78 Å². The molecule has 2 heterocycles. The van der Waals surface area contributed by atoms with Crippen LogP contribution in [0, 0.1) is 0 Å². The van der Waals surface area contributed by atoms with Gasteiger partial charge in [-0.3, -0.25) is 4.90 Å². The summed E-state index contributed by atoms with van der Waals surface area (Å²) in [6, 6.07) is 0.0732. The summed E-state index contributed by atoms with van der Waals surface area (Å²) >= 11 is 0. The van der Waals surface area contributed by atoms with Gasteiger partial charge in [-0.05, 0) is 38.8 Å². The molecule has 0 amide bonds. The molecule has 0 aromatic heterocycles. The van der Waals surface area contributed by atoms with Crippen LogP contribution in [0.1, 0.15) is 32.6 Å². The Morgan fingerprint density at radius 3 is 2.93 bits per heavy atom. The van der Waals surface area contributed by atoms with E-state index in [4.69, 9.17) is 0 Å². The Labute approximate surface area is 90.0 Å². The zero-order chi connectivity index (χ0) is 10.9. The highest BCUT2D eigenvalue weighted by molar-refractivity contribution is 5.09. The summed E-state index contributed by atoms with van der Waals surface area (Å²) in [4.78, 5) is 2.23. The van der Waals surface area contributed by atoms with E-state index in [1.807, 2.05) is 6.92 Å². The van der Waals surface area contributed by atoms with E-state index in [0.717, 1.165) is 32.4 Å². The van der Waals surface area contributed by atoms with Crippen LogP contribution in [0.5, 0.6) is 0 Å². The first-order chi connectivity index (χ1) is 7.20. The zero-order valence-electron chi connectivity index (χ0n) is 9.31. The summed E-state index contributed by atoms with van der Waals surface area (Å²) in [6.45, 7) is 4.57. The van der Waals surface area contributed by atoms with E-state index >= 15 is 0 Å². The molecule has 4 heteroatoms. The molecule has 2 rings (SSSR count). The molecule has 0 radical (unpaired) electrons. The second-order valence-corrected chi connectivity index (χ2v) is 4.71. The van der Waals surface area contributed by atoms with Gasteiger partial charge in [0.15, 0.2) is 0 Å². The number of nitrogens with one attached hydrogen (secondary N) is 1. The molecule has 0 spiro atoms. The third-order valence-electron chi connectivity index (χ3n) is 3.86. The monoisotopic (exact) mass is 218 g/mol. The van der Waals surface area contributed by atoms with Crippen molar-refractivity contribution < 1.29 is 8.78 Å². The average molecular weight is 218 g/mol. The Hall–Kier alpha value is -0.220. The lowest BCUT2D eigenvalue weighted by molar-refractivity contribution is 0.0132. The van der Waals surface area contributed by atoms with Crippen LogP contribution >= 0.6 is 0 Å². The topological polar surface area (TPSA) is 15.3 Å². The fraction of sp³-hybridized carbons (Fsp3) is 1.00. The van der Waals surface area contributed by atoms with Crippen molar-refractivity contribution in [3.63, 3.8) is 0 Å². The van der Waals surface area contributed by atoms with Crippen LogP contribution in [-0.2, 0) is 0 Å². The first-order valence-corrected chi connectivity index (χ1v) is 5.98. The minimum atomic E-state index is -2.24. The summed E-state index contributed by atoms with van der Waals surface area (Å²) in [7, 11) is 0. The van der Waals surface area contributed by atoms with E-state index in [9.17, 15) is 8.78 Å². The number of hydrogen-bond acceptors (Lipinski definition) is 2. The van der Waals surface area contributed by atoms with Gasteiger partial charge < -0.3 is 5.32 Å². The first-order valence-electron chi connectivity index (χ1n) is 5.98. The Morgan fingerprint density at radius 2 is 2.27 bits per heavy atom. The molecule has 2 atom stereocenters. The van der Waals surface area contributed by atoms with Crippen molar-refractivity contribution in [1.29, 1.82) is 0 Å². The molecule has 15 heavy (non-hydrogen) atoms. The lowest BCUT2D eigenvalue weighted by Crippen LogP contribution is -2.58. The number of alkyl halides is 2. The maximum Gasteiger partial charge on any atom is 0.258 e. The fourth-order valence-corrected chi connectivity index (χ4v) is 3.07. The Kier molecular flexibility index (Phi) is 3.26. The highest BCUT2D eigenvalue weighted by Gasteiger charge is 2.54. The predicted octanol–water partition coefficient (Wildman–Crippen LogP) is 1.86. The SMILES string of the molecule is CCCNC1(C(F)F)CCN2CCCC21. The quantitative estimate of drug-likeness (QED) is 0.774. The lowest BCUT2D eigenvalue weighted by Gasteiger charge is -2.35. The maximum atomic E-state index is 13.3. The van der Waals surface area contributed by atoms with Gasteiger partial charge in [0.25, 0.3) is 6.43 Å². The maximum absolute atomic E-state index is 13.3. The summed E-state index contributed by atoms with van der Waals surface area (Å²) in [5.41, 5.74) is -0.910. The number of halogens is 2. The van der Waals surface area contributed by atoms with Crippen molar-refractivity contribution in [3.05, 3.63) is 0 Å². The van der Waals surface area contributed by atoms with Crippen molar-refractivity contribution >= 4 is 0 Å². The van der Waals surface area contributed by atoms with Crippen LogP contribution in [0.15, 0.2) is 0 Å². The lowest BCUT2D eigenvalue weighted by atomic mass is 9.89. The predicted molar refractivity (Wildman–Crippen MR) is 56.2 cm³/mol. The minimum Gasteiger partial charge on any atom is -0.305 e. The normalized spacial score (nSPS) is 36.4. The van der Waals surface area contributed by atoms with Crippen LogP contribution in [0.25, 0.3) is 0 Å². The molecular formula is C11H20F2N2. The van der Waals surface area contributed by atoms with Gasteiger partial charge in [-0.15, -0.1) is 0 Å². The van der Waals surface area contributed by atoms with Crippen molar-refractivity contribution in [2.24, 2.45) is 0 Å². The van der Waals surface area contributed by atoms with Gasteiger partial charge in [-0.25, -0.2) is 8.78 Å². The molecule has 0 aromatic rings. The van der Waals surface area contributed by atoms with E-state index in [2.05, 4.69) is 10.2 Å². The Bertz CT molecular complexity index is 223. The Balaban J connectivity index is 2.11. The molecule has 2 aliphatic rings. The van der Waals surface area contributed by atoms with Gasteiger partial charge in [0, 0.05) is 12.6 Å². The highest BCUT2D eigenvalue weighted by atomic mass is 19.3. The standard InChI is InChI=1S/C11H20F2N2/c1-2-6-14-11(10(12)13)5-8-15-7-3-4-9(11)15/h9-10,14H,2-8H2,1H3. The van der Waals surface area contributed by atoms with Gasteiger partial charge in [0.1, 0.15) is 0 Å². The molecule has 88 valence electrons. The van der Waals surface area contributed by atoms with Gasteiger partial charge in [0.2, 0.25) is 0 Å². The van der Waals surface area contributed by atoms with Crippen molar-refractivity contribution in [1.82, 2.24) is 10.2 Å².